The highest BCUT2D eigenvalue weighted by atomic mass is 32.2. The summed E-state index contributed by atoms with van der Waals surface area (Å²) in [5, 5.41) is 2.87. The van der Waals surface area contributed by atoms with Crippen molar-refractivity contribution in [2.24, 2.45) is 0 Å². The third kappa shape index (κ3) is 6.15. The number of carbonyl (C=O) groups excluding carboxylic acids is 1. The zero-order valence-corrected chi connectivity index (χ0v) is 17.9. The monoisotopic (exact) mass is 403 g/mol. The van der Waals surface area contributed by atoms with Gasteiger partial charge in [0.15, 0.2) is 0 Å². The minimum Gasteiger partial charge on any atom is -0.348 e. The Labute approximate surface area is 168 Å². The number of amides is 1. The van der Waals surface area contributed by atoms with E-state index in [1.807, 2.05) is 38.4 Å². The van der Waals surface area contributed by atoms with Gasteiger partial charge in [-0.3, -0.25) is 4.79 Å². The van der Waals surface area contributed by atoms with Crippen molar-refractivity contribution in [1.29, 1.82) is 0 Å². The standard InChI is InChI=1S/C21H29N3O3S/c1-15(2)23-28(26,27)19-11-6-16(3)20(12-19)21(25)22-13-17-7-9-18(10-8-17)14-24(4)5/h6-12,15,23H,13-14H2,1-5H3,(H,22,25). The first kappa shape index (κ1) is 22.1. The lowest BCUT2D eigenvalue weighted by Gasteiger charge is -2.13. The molecule has 0 unspecified atom stereocenters. The van der Waals surface area contributed by atoms with Crippen LogP contribution in [0.4, 0.5) is 0 Å². The Hall–Kier alpha value is -2.22. The van der Waals surface area contributed by atoms with E-state index in [-0.39, 0.29) is 16.8 Å². The molecule has 2 aromatic rings. The van der Waals surface area contributed by atoms with Gasteiger partial charge in [0, 0.05) is 24.7 Å². The topological polar surface area (TPSA) is 78.5 Å². The van der Waals surface area contributed by atoms with Crippen molar-refractivity contribution >= 4 is 15.9 Å². The van der Waals surface area contributed by atoms with E-state index in [2.05, 4.69) is 14.9 Å². The summed E-state index contributed by atoms with van der Waals surface area (Å²) in [6.45, 7) is 6.53. The average Bonchev–Trinajstić information content (AvgIpc) is 2.59. The van der Waals surface area contributed by atoms with Crippen LogP contribution in [0.25, 0.3) is 0 Å². The molecular weight excluding hydrogens is 374 g/mol. The summed E-state index contributed by atoms with van der Waals surface area (Å²) < 4.78 is 27.3. The molecule has 0 aromatic heterocycles. The summed E-state index contributed by atoms with van der Waals surface area (Å²) in [6, 6.07) is 12.4. The lowest BCUT2D eigenvalue weighted by Crippen LogP contribution is -2.30. The molecule has 0 aliphatic heterocycles. The Morgan fingerprint density at radius 2 is 1.64 bits per heavy atom. The number of benzene rings is 2. The summed E-state index contributed by atoms with van der Waals surface area (Å²) in [6.07, 6.45) is 0. The Morgan fingerprint density at radius 3 is 2.21 bits per heavy atom. The summed E-state index contributed by atoms with van der Waals surface area (Å²) in [5.41, 5.74) is 3.27. The van der Waals surface area contributed by atoms with Gasteiger partial charge in [-0.15, -0.1) is 0 Å². The maximum Gasteiger partial charge on any atom is 0.251 e. The maximum absolute atomic E-state index is 12.6. The fourth-order valence-electron chi connectivity index (χ4n) is 2.80. The molecule has 28 heavy (non-hydrogen) atoms. The van der Waals surface area contributed by atoms with Crippen LogP contribution in [0.5, 0.6) is 0 Å². The number of nitrogens with zero attached hydrogens (tertiary/aromatic N) is 1. The molecule has 2 aromatic carbocycles. The van der Waals surface area contributed by atoms with Gasteiger partial charge in [-0.1, -0.05) is 30.3 Å². The smallest absolute Gasteiger partial charge is 0.251 e. The van der Waals surface area contributed by atoms with Gasteiger partial charge in [0.2, 0.25) is 10.0 Å². The lowest BCUT2D eigenvalue weighted by atomic mass is 10.1. The summed E-state index contributed by atoms with van der Waals surface area (Å²) in [7, 11) is 0.383. The van der Waals surface area contributed by atoms with Crippen molar-refractivity contribution in [3.05, 3.63) is 64.7 Å². The van der Waals surface area contributed by atoms with E-state index in [4.69, 9.17) is 0 Å². The van der Waals surface area contributed by atoms with Gasteiger partial charge < -0.3 is 10.2 Å². The number of rotatable bonds is 8. The fourth-order valence-corrected chi connectivity index (χ4v) is 4.07. The van der Waals surface area contributed by atoms with Crippen LogP contribution >= 0.6 is 0 Å². The van der Waals surface area contributed by atoms with E-state index in [0.29, 0.717) is 12.1 Å². The van der Waals surface area contributed by atoms with E-state index in [1.165, 1.54) is 17.7 Å². The van der Waals surface area contributed by atoms with Crippen LogP contribution in [0.15, 0.2) is 47.4 Å². The SMILES string of the molecule is Cc1ccc(S(=O)(=O)NC(C)C)cc1C(=O)NCc1ccc(CN(C)C)cc1. The second-order valence-corrected chi connectivity index (χ2v) is 9.20. The molecule has 6 nitrogen and oxygen atoms in total. The molecule has 1 amide bonds. The van der Waals surface area contributed by atoms with Gasteiger partial charge in [-0.05, 0) is 63.7 Å². The van der Waals surface area contributed by atoms with Crippen LogP contribution < -0.4 is 10.0 Å². The molecule has 0 saturated heterocycles. The van der Waals surface area contributed by atoms with Crippen molar-refractivity contribution in [1.82, 2.24) is 14.9 Å². The third-order valence-electron chi connectivity index (χ3n) is 4.13. The van der Waals surface area contributed by atoms with E-state index >= 15 is 0 Å². The molecule has 0 radical (unpaired) electrons. The normalized spacial score (nSPS) is 11.8. The predicted molar refractivity (Wildman–Crippen MR) is 112 cm³/mol. The second-order valence-electron chi connectivity index (χ2n) is 7.49. The van der Waals surface area contributed by atoms with Gasteiger partial charge in [0.25, 0.3) is 5.91 Å². The van der Waals surface area contributed by atoms with Gasteiger partial charge in [0.05, 0.1) is 4.90 Å². The summed E-state index contributed by atoms with van der Waals surface area (Å²) in [5.74, 6) is -0.295. The fraction of sp³-hybridized carbons (Fsp3) is 0.381. The maximum atomic E-state index is 12.6. The summed E-state index contributed by atoms with van der Waals surface area (Å²) >= 11 is 0. The Morgan fingerprint density at radius 1 is 1.04 bits per heavy atom. The first-order valence-electron chi connectivity index (χ1n) is 9.22. The van der Waals surface area contributed by atoms with Crippen molar-refractivity contribution in [2.45, 2.75) is 44.8 Å². The molecule has 0 aliphatic carbocycles. The molecule has 0 atom stereocenters. The average molecular weight is 404 g/mol. The molecule has 2 N–H and O–H groups in total. The van der Waals surface area contributed by atoms with Gasteiger partial charge >= 0.3 is 0 Å². The predicted octanol–water partition coefficient (Wildman–Crippen LogP) is 2.67. The zero-order valence-electron chi connectivity index (χ0n) is 17.1. The largest absolute Gasteiger partial charge is 0.348 e. The van der Waals surface area contributed by atoms with Crippen LogP contribution in [0.3, 0.4) is 0 Å². The summed E-state index contributed by atoms with van der Waals surface area (Å²) in [4.78, 5) is 14.8. The molecule has 2 rings (SSSR count). The van der Waals surface area contributed by atoms with Gasteiger partial charge in [-0.2, -0.15) is 0 Å². The highest BCUT2D eigenvalue weighted by Gasteiger charge is 2.18. The number of hydrogen-bond donors (Lipinski definition) is 2. The molecule has 7 heteroatoms. The quantitative estimate of drug-likeness (QED) is 0.710. The van der Waals surface area contributed by atoms with Crippen LogP contribution in [0.1, 0.15) is 40.9 Å². The second kappa shape index (κ2) is 9.32. The third-order valence-corrected chi connectivity index (χ3v) is 5.79. The van der Waals surface area contributed by atoms with E-state index in [9.17, 15) is 13.2 Å². The molecular formula is C21H29N3O3S. The molecule has 0 bridgehead atoms. The Kier molecular flexibility index (Phi) is 7.35. The number of aryl methyl sites for hydroxylation is 1. The molecule has 0 saturated carbocycles. The molecule has 0 spiro atoms. The van der Waals surface area contributed by atoms with E-state index in [0.717, 1.165) is 17.7 Å². The zero-order chi connectivity index (χ0) is 20.9. The number of carbonyl (C=O) groups is 1. The van der Waals surface area contributed by atoms with Crippen molar-refractivity contribution in [3.8, 4) is 0 Å². The Bertz CT molecular complexity index is 920. The number of sulfonamides is 1. The van der Waals surface area contributed by atoms with Gasteiger partial charge in [0.1, 0.15) is 0 Å². The minimum absolute atomic E-state index is 0.0880. The first-order chi connectivity index (χ1) is 13.1. The van der Waals surface area contributed by atoms with Crippen molar-refractivity contribution < 1.29 is 13.2 Å². The molecule has 152 valence electrons. The number of hydrogen-bond acceptors (Lipinski definition) is 4. The van der Waals surface area contributed by atoms with E-state index < -0.39 is 10.0 Å². The van der Waals surface area contributed by atoms with Crippen LogP contribution in [-0.4, -0.2) is 39.4 Å². The van der Waals surface area contributed by atoms with Crippen molar-refractivity contribution in [2.75, 3.05) is 14.1 Å². The van der Waals surface area contributed by atoms with Crippen molar-refractivity contribution in [3.63, 3.8) is 0 Å². The molecule has 0 heterocycles. The van der Waals surface area contributed by atoms with Crippen LogP contribution in [0.2, 0.25) is 0 Å². The minimum atomic E-state index is -3.65. The Balaban J connectivity index is 2.10. The number of nitrogens with one attached hydrogen (secondary N) is 2. The highest BCUT2D eigenvalue weighted by Crippen LogP contribution is 2.16. The van der Waals surface area contributed by atoms with E-state index in [1.54, 1.807) is 26.8 Å². The van der Waals surface area contributed by atoms with Gasteiger partial charge in [-0.25, -0.2) is 13.1 Å². The van der Waals surface area contributed by atoms with Crippen LogP contribution in [0, 0.1) is 6.92 Å². The van der Waals surface area contributed by atoms with Crippen LogP contribution in [-0.2, 0) is 23.1 Å². The lowest BCUT2D eigenvalue weighted by molar-refractivity contribution is 0.0950. The first-order valence-corrected chi connectivity index (χ1v) is 10.7. The molecule has 0 aliphatic rings. The highest BCUT2D eigenvalue weighted by molar-refractivity contribution is 7.89. The molecule has 0 fully saturated rings.